The third-order valence-electron chi connectivity index (χ3n) is 2.76. The Morgan fingerprint density at radius 1 is 1.30 bits per heavy atom. The van der Waals surface area contributed by atoms with E-state index in [0.29, 0.717) is 21.9 Å². The molecule has 4 nitrogen and oxygen atoms in total. The molecule has 0 saturated carbocycles. The van der Waals surface area contributed by atoms with Crippen molar-refractivity contribution in [2.24, 2.45) is 0 Å². The standard InChI is InChI=1S/C14H11ClFNO3/c1-9-6-11(16)2-5-14(9)20-8-10-7-12(17(18)19)3-4-13(10)15/h2-7H,8H2,1H3. The van der Waals surface area contributed by atoms with E-state index in [4.69, 9.17) is 16.3 Å². The van der Waals surface area contributed by atoms with E-state index in [1.165, 1.54) is 36.4 Å². The highest BCUT2D eigenvalue weighted by atomic mass is 35.5. The maximum absolute atomic E-state index is 13.0. The number of aryl methyl sites for hydroxylation is 1. The summed E-state index contributed by atoms with van der Waals surface area (Å²) in [6, 6.07) is 8.30. The number of ether oxygens (including phenoxy) is 1. The van der Waals surface area contributed by atoms with Crippen molar-refractivity contribution in [3.8, 4) is 5.75 Å². The Kier molecular flexibility index (Phi) is 4.20. The van der Waals surface area contributed by atoms with Crippen LogP contribution in [-0.4, -0.2) is 4.92 Å². The van der Waals surface area contributed by atoms with Crippen molar-refractivity contribution in [1.82, 2.24) is 0 Å². The zero-order valence-corrected chi connectivity index (χ0v) is 11.4. The number of rotatable bonds is 4. The fourth-order valence-electron chi connectivity index (χ4n) is 1.72. The monoisotopic (exact) mass is 295 g/mol. The van der Waals surface area contributed by atoms with Crippen LogP contribution in [0.3, 0.4) is 0 Å². The third-order valence-corrected chi connectivity index (χ3v) is 3.13. The van der Waals surface area contributed by atoms with Gasteiger partial charge in [-0.3, -0.25) is 10.1 Å². The number of nitro groups is 1. The molecule has 0 saturated heterocycles. The summed E-state index contributed by atoms with van der Waals surface area (Å²) >= 11 is 5.97. The SMILES string of the molecule is Cc1cc(F)ccc1OCc1cc([N+](=O)[O-])ccc1Cl. The van der Waals surface area contributed by atoms with Gasteiger partial charge in [-0.15, -0.1) is 0 Å². The molecule has 0 radical (unpaired) electrons. The molecule has 104 valence electrons. The van der Waals surface area contributed by atoms with Crippen LogP contribution in [0.1, 0.15) is 11.1 Å². The van der Waals surface area contributed by atoms with Gasteiger partial charge in [-0.25, -0.2) is 4.39 Å². The van der Waals surface area contributed by atoms with Gasteiger partial charge in [0.25, 0.3) is 5.69 Å². The number of non-ortho nitro benzene ring substituents is 1. The van der Waals surface area contributed by atoms with Gasteiger partial charge in [0.15, 0.2) is 0 Å². The van der Waals surface area contributed by atoms with E-state index in [2.05, 4.69) is 0 Å². The second-order valence-corrected chi connectivity index (χ2v) is 4.64. The number of nitrogens with zero attached hydrogens (tertiary/aromatic N) is 1. The highest BCUT2D eigenvalue weighted by Gasteiger charge is 2.11. The molecule has 0 aliphatic heterocycles. The molecule has 0 aliphatic carbocycles. The van der Waals surface area contributed by atoms with Gasteiger partial charge in [0.05, 0.1) is 4.92 Å². The first-order valence-electron chi connectivity index (χ1n) is 5.79. The zero-order valence-electron chi connectivity index (χ0n) is 10.6. The van der Waals surface area contributed by atoms with Crippen LogP contribution in [0, 0.1) is 22.9 Å². The molecule has 20 heavy (non-hydrogen) atoms. The van der Waals surface area contributed by atoms with Gasteiger partial charge in [0, 0.05) is 22.7 Å². The minimum Gasteiger partial charge on any atom is -0.489 e. The van der Waals surface area contributed by atoms with Gasteiger partial charge < -0.3 is 4.74 Å². The smallest absolute Gasteiger partial charge is 0.269 e. The van der Waals surface area contributed by atoms with Crippen LogP contribution in [0.5, 0.6) is 5.75 Å². The molecule has 0 amide bonds. The summed E-state index contributed by atoms with van der Waals surface area (Å²) in [4.78, 5) is 10.2. The van der Waals surface area contributed by atoms with Crippen molar-refractivity contribution < 1.29 is 14.1 Å². The van der Waals surface area contributed by atoms with Gasteiger partial charge in [0.1, 0.15) is 18.2 Å². The summed E-state index contributed by atoms with van der Waals surface area (Å²) in [6.07, 6.45) is 0. The van der Waals surface area contributed by atoms with Gasteiger partial charge in [-0.1, -0.05) is 11.6 Å². The minimum atomic E-state index is -0.497. The van der Waals surface area contributed by atoms with Gasteiger partial charge >= 0.3 is 0 Å². The summed E-state index contributed by atoms with van der Waals surface area (Å²) in [5.74, 6) is 0.164. The molecule has 0 N–H and O–H groups in total. The Labute approximate surface area is 119 Å². The molecular weight excluding hydrogens is 285 g/mol. The fourth-order valence-corrected chi connectivity index (χ4v) is 1.89. The molecular formula is C14H11ClFNO3. The van der Waals surface area contributed by atoms with Crippen LogP contribution in [-0.2, 0) is 6.61 Å². The van der Waals surface area contributed by atoms with Gasteiger partial charge in [0.2, 0.25) is 0 Å². The number of halogens is 2. The summed E-state index contributed by atoms with van der Waals surface area (Å²) in [5.41, 5.74) is 1.10. The minimum absolute atomic E-state index is 0.0520. The largest absolute Gasteiger partial charge is 0.489 e. The lowest BCUT2D eigenvalue weighted by atomic mass is 10.2. The Morgan fingerprint density at radius 2 is 2.05 bits per heavy atom. The number of hydrogen-bond acceptors (Lipinski definition) is 3. The van der Waals surface area contributed by atoms with Gasteiger partial charge in [-0.2, -0.15) is 0 Å². The molecule has 0 heterocycles. The molecule has 2 aromatic rings. The predicted octanol–water partition coefficient (Wildman–Crippen LogP) is 4.27. The van der Waals surface area contributed by atoms with Crippen LogP contribution in [0.2, 0.25) is 5.02 Å². The molecule has 0 fully saturated rings. The van der Waals surface area contributed by atoms with Crippen molar-refractivity contribution >= 4 is 17.3 Å². The van der Waals surface area contributed by atoms with E-state index in [1.807, 2.05) is 0 Å². The average molecular weight is 296 g/mol. The summed E-state index contributed by atoms with van der Waals surface area (Å²) < 4.78 is 18.5. The van der Waals surface area contributed by atoms with Crippen molar-refractivity contribution in [1.29, 1.82) is 0 Å². The molecule has 0 atom stereocenters. The lowest BCUT2D eigenvalue weighted by molar-refractivity contribution is -0.384. The van der Waals surface area contributed by atoms with E-state index >= 15 is 0 Å². The van der Waals surface area contributed by atoms with Crippen LogP contribution in [0.15, 0.2) is 36.4 Å². The van der Waals surface area contributed by atoms with Gasteiger partial charge in [-0.05, 0) is 36.8 Å². The van der Waals surface area contributed by atoms with E-state index < -0.39 is 4.92 Å². The lowest BCUT2D eigenvalue weighted by Crippen LogP contribution is -1.99. The maximum Gasteiger partial charge on any atom is 0.269 e. The van der Waals surface area contributed by atoms with E-state index in [0.717, 1.165) is 0 Å². The normalized spacial score (nSPS) is 10.3. The Hall–Kier alpha value is -2.14. The molecule has 0 spiro atoms. The number of nitro benzene ring substituents is 1. The number of hydrogen-bond donors (Lipinski definition) is 0. The Balaban J connectivity index is 2.18. The first kappa shape index (κ1) is 14.3. The fraction of sp³-hybridized carbons (Fsp3) is 0.143. The van der Waals surface area contributed by atoms with Crippen molar-refractivity contribution in [3.63, 3.8) is 0 Å². The molecule has 6 heteroatoms. The highest BCUT2D eigenvalue weighted by molar-refractivity contribution is 6.31. The maximum atomic E-state index is 13.0. The van der Waals surface area contributed by atoms with E-state index in [9.17, 15) is 14.5 Å². The van der Waals surface area contributed by atoms with Crippen LogP contribution >= 0.6 is 11.6 Å². The van der Waals surface area contributed by atoms with Crippen LogP contribution < -0.4 is 4.74 Å². The molecule has 0 aromatic heterocycles. The molecule has 0 aliphatic rings. The summed E-state index contributed by atoms with van der Waals surface area (Å²) in [5, 5.41) is 11.1. The molecule has 0 bridgehead atoms. The van der Waals surface area contributed by atoms with E-state index in [1.54, 1.807) is 6.92 Å². The quantitative estimate of drug-likeness (QED) is 0.625. The third kappa shape index (κ3) is 3.24. The Morgan fingerprint density at radius 3 is 2.70 bits per heavy atom. The number of benzene rings is 2. The summed E-state index contributed by atoms with van der Waals surface area (Å²) in [7, 11) is 0. The zero-order chi connectivity index (χ0) is 14.7. The Bertz CT molecular complexity index is 661. The van der Waals surface area contributed by atoms with Crippen LogP contribution in [0.25, 0.3) is 0 Å². The van der Waals surface area contributed by atoms with Crippen molar-refractivity contribution in [3.05, 3.63) is 68.5 Å². The first-order chi connectivity index (χ1) is 9.47. The predicted molar refractivity (Wildman–Crippen MR) is 73.6 cm³/mol. The lowest BCUT2D eigenvalue weighted by Gasteiger charge is -2.10. The average Bonchev–Trinajstić information content (AvgIpc) is 2.39. The first-order valence-corrected chi connectivity index (χ1v) is 6.17. The van der Waals surface area contributed by atoms with Crippen molar-refractivity contribution in [2.75, 3.05) is 0 Å². The molecule has 0 unspecified atom stereocenters. The van der Waals surface area contributed by atoms with Crippen molar-refractivity contribution in [2.45, 2.75) is 13.5 Å². The van der Waals surface area contributed by atoms with Crippen LogP contribution in [0.4, 0.5) is 10.1 Å². The second-order valence-electron chi connectivity index (χ2n) is 4.23. The second kappa shape index (κ2) is 5.88. The summed E-state index contributed by atoms with van der Waals surface area (Å²) in [6.45, 7) is 1.79. The molecule has 2 rings (SSSR count). The van der Waals surface area contributed by atoms with E-state index in [-0.39, 0.29) is 18.1 Å². The topological polar surface area (TPSA) is 52.4 Å². The molecule has 2 aromatic carbocycles. The highest BCUT2D eigenvalue weighted by Crippen LogP contribution is 2.25.